The zero-order valence-electron chi connectivity index (χ0n) is 12.8. The van der Waals surface area contributed by atoms with E-state index < -0.39 is 0 Å². The fourth-order valence-corrected chi connectivity index (χ4v) is 3.28. The fourth-order valence-electron chi connectivity index (χ4n) is 3.28. The van der Waals surface area contributed by atoms with Gasteiger partial charge < -0.3 is 9.47 Å². The molecule has 0 amide bonds. The van der Waals surface area contributed by atoms with Gasteiger partial charge in [-0.25, -0.2) is 0 Å². The molecule has 1 aliphatic rings. The van der Waals surface area contributed by atoms with Gasteiger partial charge in [0.2, 0.25) is 0 Å². The Morgan fingerprint density at radius 2 is 1.67 bits per heavy atom. The summed E-state index contributed by atoms with van der Waals surface area (Å²) in [6, 6.07) is 15.0. The van der Waals surface area contributed by atoms with E-state index in [9.17, 15) is 0 Å². The van der Waals surface area contributed by atoms with Crippen molar-refractivity contribution in [2.75, 3.05) is 14.2 Å². The van der Waals surface area contributed by atoms with Crippen LogP contribution in [-0.4, -0.2) is 14.2 Å². The van der Waals surface area contributed by atoms with Gasteiger partial charge in [-0.15, -0.1) is 0 Å². The maximum Gasteiger partial charge on any atom is 0.119 e. The molecule has 0 radical (unpaired) electrons. The van der Waals surface area contributed by atoms with E-state index in [4.69, 9.17) is 9.47 Å². The molecule has 2 nitrogen and oxygen atoms in total. The topological polar surface area (TPSA) is 18.5 Å². The predicted molar refractivity (Wildman–Crippen MR) is 85.4 cm³/mol. The van der Waals surface area contributed by atoms with Crippen molar-refractivity contribution < 1.29 is 9.47 Å². The Morgan fingerprint density at radius 3 is 2.38 bits per heavy atom. The lowest BCUT2D eigenvalue weighted by molar-refractivity contribution is 0.412. The number of ether oxygens (including phenoxy) is 2. The van der Waals surface area contributed by atoms with E-state index in [1.165, 1.54) is 36.0 Å². The van der Waals surface area contributed by atoms with Crippen molar-refractivity contribution in [2.24, 2.45) is 0 Å². The van der Waals surface area contributed by atoms with E-state index in [1.54, 1.807) is 14.2 Å². The van der Waals surface area contributed by atoms with Crippen molar-refractivity contribution in [3.05, 3.63) is 59.2 Å². The molecule has 1 unspecified atom stereocenters. The van der Waals surface area contributed by atoms with E-state index in [2.05, 4.69) is 30.3 Å². The minimum atomic E-state index is 0.619. The van der Waals surface area contributed by atoms with Crippen molar-refractivity contribution in [2.45, 2.75) is 31.6 Å². The van der Waals surface area contributed by atoms with Gasteiger partial charge in [-0.2, -0.15) is 0 Å². The summed E-state index contributed by atoms with van der Waals surface area (Å²) in [7, 11) is 3.44. The number of fused-ring (bicyclic) bond motifs is 1. The van der Waals surface area contributed by atoms with E-state index >= 15 is 0 Å². The maximum absolute atomic E-state index is 5.35. The minimum absolute atomic E-state index is 0.619. The normalized spacial score (nSPS) is 17.1. The average Bonchev–Trinajstić information content (AvgIpc) is 2.55. The van der Waals surface area contributed by atoms with Crippen LogP contribution < -0.4 is 9.47 Å². The van der Waals surface area contributed by atoms with Crippen molar-refractivity contribution >= 4 is 0 Å². The van der Waals surface area contributed by atoms with Crippen LogP contribution in [0.3, 0.4) is 0 Å². The van der Waals surface area contributed by atoms with Crippen LogP contribution in [0.2, 0.25) is 0 Å². The highest BCUT2D eigenvalue weighted by molar-refractivity contribution is 5.40. The van der Waals surface area contributed by atoms with Crippen molar-refractivity contribution in [1.29, 1.82) is 0 Å². The SMILES string of the molecule is COc1ccc(CC2CCCc3cc(OC)ccc32)cc1. The highest BCUT2D eigenvalue weighted by Gasteiger charge is 2.20. The second-order valence-electron chi connectivity index (χ2n) is 5.71. The number of benzene rings is 2. The van der Waals surface area contributed by atoms with Crippen LogP contribution in [0, 0.1) is 0 Å². The van der Waals surface area contributed by atoms with E-state index in [0.29, 0.717) is 5.92 Å². The summed E-state index contributed by atoms with van der Waals surface area (Å²) < 4.78 is 10.6. The molecule has 1 aliphatic carbocycles. The summed E-state index contributed by atoms with van der Waals surface area (Å²) in [6.45, 7) is 0. The lowest BCUT2D eigenvalue weighted by Crippen LogP contribution is -2.12. The fraction of sp³-hybridized carbons (Fsp3) is 0.368. The van der Waals surface area contributed by atoms with E-state index in [1.807, 2.05) is 12.1 Å². The number of hydrogen-bond acceptors (Lipinski definition) is 2. The summed E-state index contributed by atoms with van der Waals surface area (Å²) in [5.74, 6) is 2.51. The lowest BCUT2D eigenvalue weighted by atomic mass is 9.79. The maximum atomic E-state index is 5.35. The van der Waals surface area contributed by atoms with Crippen LogP contribution in [-0.2, 0) is 12.8 Å². The van der Waals surface area contributed by atoms with Crippen LogP contribution in [0.5, 0.6) is 11.5 Å². The minimum Gasteiger partial charge on any atom is -0.497 e. The molecule has 2 heteroatoms. The van der Waals surface area contributed by atoms with Gasteiger partial charge in [0.1, 0.15) is 11.5 Å². The molecule has 21 heavy (non-hydrogen) atoms. The Hall–Kier alpha value is -1.96. The number of aryl methyl sites for hydroxylation is 1. The smallest absolute Gasteiger partial charge is 0.119 e. The molecule has 0 spiro atoms. The molecule has 0 N–H and O–H groups in total. The predicted octanol–water partition coefficient (Wildman–Crippen LogP) is 4.37. The monoisotopic (exact) mass is 282 g/mol. The summed E-state index contributed by atoms with van der Waals surface area (Å²) in [6.07, 6.45) is 4.81. The number of methoxy groups -OCH3 is 2. The lowest BCUT2D eigenvalue weighted by Gasteiger charge is -2.26. The summed E-state index contributed by atoms with van der Waals surface area (Å²) in [5, 5.41) is 0. The molecule has 1 atom stereocenters. The Labute approximate surface area is 126 Å². The highest BCUT2D eigenvalue weighted by atomic mass is 16.5. The molecular formula is C19H22O2. The zero-order valence-corrected chi connectivity index (χ0v) is 12.8. The number of rotatable bonds is 4. The van der Waals surface area contributed by atoms with E-state index in [-0.39, 0.29) is 0 Å². The first-order chi connectivity index (χ1) is 10.3. The Morgan fingerprint density at radius 1 is 0.952 bits per heavy atom. The first-order valence-corrected chi connectivity index (χ1v) is 7.60. The zero-order chi connectivity index (χ0) is 14.7. The second kappa shape index (κ2) is 6.21. The number of hydrogen-bond donors (Lipinski definition) is 0. The third-order valence-corrected chi connectivity index (χ3v) is 4.43. The van der Waals surface area contributed by atoms with Gasteiger partial charge in [0.25, 0.3) is 0 Å². The molecule has 2 aromatic rings. The first-order valence-electron chi connectivity index (χ1n) is 7.60. The molecule has 0 saturated carbocycles. The Kier molecular flexibility index (Phi) is 4.14. The standard InChI is InChI=1S/C19H22O2/c1-20-17-8-6-14(7-9-17)12-15-4-3-5-16-13-18(21-2)10-11-19(15)16/h6-11,13,15H,3-5,12H2,1-2H3. The third-order valence-electron chi connectivity index (χ3n) is 4.43. The molecule has 0 fully saturated rings. The van der Waals surface area contributed by atoms with Crippen LogP contribution in [0.4, 0.5) is 0 Å². The molecule has 0 heterocycles. The average molecular weight is 282 g/mol. The van der Waals surface area contributed by atoms with Gasteiger partial charge in [-0.1, -0.05) is 18.2 Å². The molecule has 0 aromatic heterocycles. The first kappa shape index (κ1) is 14.0. The van der Waals surface area contributed by atoms with Gasteiger partial charge >= 0.3 is 0 Å². The summed E-state index contributed by atoms with van der Waals surface area (Å²) >= 11 is 0. The van der Waals surface area contributed by atoms with Crippen LogP contribution in [0.15, 0.2) is 42.5 Å². The molecular weight excluding hydrogens is 260 g/mol. The molecule has 0 aliphatic heterocycles. The molecule has 2 aromatic carbocycles. The molecule has 110 valence electrons. The van der Waals surface area contributed by atoms with Crippen molar-refractivity contribution in [1.82, 2.24) is 0 Å². The quantitative estimate of drug-likeness (QED) is 0.829. The third kappa shape index (κ3) is 3.05. The van der Waals surface area contributed by atoms with Crippen LogP contribution in [0.25, 0.3) is 0 Å². The van der Waals surface area contributed by atoms with Gasteiger partial charge in [0, 0.05) is 0 Å². The second-order valence-corrected chi connectivity index (χ2v) is 5.71. The van der Waals surface area contributed by atoms with Gasteiger partial charge in [0.15, 0.2) is 0 Å². The van der Waals surface area contributed by atoms with Crippen molar-refractivity contribution in [3.8, 4) is 11.5 Å². The Balaban J connectivity index is 1.81. The molecule has 0 bridgehead atoms. The van der Waals surface area contributed by atoms with Gasteiger partial charge in [0.05, 0.1) is 14.2 Å². The van der Waals surface area contributed by atoms with Crippen molar-refractivity contribution in [3.63, 3.8) is 0 Å². The Bertz CT molecular complexity index is 601. The molecule has 0 saturated heterocycles. The molecule has 3 rings (SSSR count). The summed E-state index contributed by atoms with van der Waals surface area (Å²) in [5.41, 5.74) is 4.33. The van der Waals surface area contributed by atoms with E-state index in [0.717, 1.165) is 17.9 Å². The van der Waals surface area contributed by atoms with Crippen LogP contribution >= 0.6 is 0 Å². The highest BCUT2D eigenvalue weighted by Crippen LogP contribution is 2.36. The van der Waals surface area contributed by atoms with Gasteiger partial charge in [-0.05, 0) is 72.6 Å². The largest absolute Gasteiger partial charge is 0.497 e. The summed E-state index contributed by atoms with van der Waals surface area (Å²) in [4.78, 5) is 0. The van der Waals surface area contributed by atoms with Crippen LogP contribution in [0.1, 0.15) is 35.4 Å². The van der Waals surface area contributed by atoms with Gasteiger partial charge in [-0.3, -0.25) is 0 Å².